The molecule has 3 rings (SSSR count). The topological polar surface area (TPSA) is 24.5 Å². The maximum Gasteiger partial charge on any atom is 0.119 e. The summed E-state index contributed by atoms with van der Waals surface area (Å²) in [5.41, 5.74) is 3.34. The van der Waals surface area contributed by atoms with Crippen LogP contribution in [0.4, 0.5) is 0 Å². The number of nitrogens with zero attached hydrogens (tertiary/aromatic N) is 1. The van der Waals surface area contributed by atoms with Crippen molar-refractivity contribution in [3.63, 3.8) is 0 Å². The number of rotatable bonds is 3. The molecule has 116 valence electrons. The Morgan fingerprint density at radius 2 is 2.14 bits per heavy atom. The van der Waals surface area contributed by atoms with Crippen molar-refractivity contribution in [1.82, 2.24) is 10.2 Å². The first-order chi connectivity index (χ1) is 10.0. The molecule has 1 aliphatic heterocycles. The summed E-state index contributed by atoms with van der Waals surface area (Å²) in [7, 11) is 3.83. The van der Waals surface area contributed by atoms with Crippen molar-refractivity contribution in [2.75, 3.05) is 27.2 Å². The zero-order valence-corrected chi connectivity index (χ0v) is 13.8. The predicted octanol–water partition coefficient (Wildman–Crippen LogP) is 3.00. The normalized spacial score (nSPS) is 28.4. The minimum atomic E-state index is 0.420. The SMILES string of the molecule is CNC1c2cc(OC)ccc2CC1N1CCCC(C)(C)C1. The Morgan fingerprint density at radius 1 is 1.33 bits per heavy atom. The van der Waals surface area contributed by atoms with Crippen molar-refractivity contribution in [2.45, 2.75) is 45.2 Å². The fourth-order valence-electron chi connectivity index (χ4n) is 4.17. The largest absolute Gasteiger partial charge is 0.497 e. The fraction of sp³-hybridized carbons (Fsp3) is 0.667. The standard InChI is InChI=1S/C18H28N2O/c1-18(2)8-5-9-20(12-18)16-10-13-6-7-14(21-4)11-15(13)17(16)19-3/h6-7,11,16-17,19H,5,8-10,12H2,1-4H3. The number of methoxy groups -OCH3 is 1. The van der Waals surface area contributed by atoms with Gasteiger partial charge in [-0.1, -0.05) is 19.9 Å². The molecule has 0 amide bonds. The number of nitrogens with one attached hydrogen (secondary N) is 1. The second kappa shape index (κ2) is 5.62. The molecule has 0 radical (unpaired) electrons. The van der Waals surface area contributed by atoms with Crippen molar-refractivity contribution < 1.29 is 4.74 Å². The van der Waals surface area contributed by atoms with Gasteiger partial charge in [0.05, 0.1) is 7.11 Å². The molecule has 2 aliphatic rings. The third-order valence-corrected chi connectivity index (χ3v) is 5.21. The monoisotopic (exact) mass is 288 g/mol. The van der Waals surface area contributed by atoms with E-state index in [1.54, 1.807) is 7.11 Å². The molecule has 0 spiro atoms. The number of benzene rings is 1. The van der Waals surface area contributed by atoms with E-state index >= 15 is 0 Å². The Bertz CT molecular complexity index is 512. The van der Waals surface area contributed by atoms with E-state index in [-0.39, 0.29) is 0 Å². The van der Waals surface area contributed by atoms with Crippen LogP contribution in [0.1, 0.15) is 43.9 Å². The summed E-state index contributed by atoms with van der Waals surface area (Å²) in [5.74, 6) is 0.966. The van der Waals surface area contributed by atoms with Gasteiger partial charge in [0.1, 0.15) is 5.75 Å². The highest BCUT2D eigenvalue weighted by atomic mass is 16.5. The highest BCUT2D eigenvalue weighted by Crippen LogP contribution is 2.39. The first-order valence-corrected chi connectivity index (χ1v) is 8.12. The Morgan fingerprint density at radius 3 is 2.81 bits per heavy atom. The van der Waals surface area contributed by atoms with Crippen LogP contribution in [-0.2, 0) is 6.42 Å². The lowest BCUT2D eigenvalue weighted by molar-refractivity contribution is 0.0670. The zero-order chi connectivity index (χ0) is 15.0. The molecule has 1 fully saturated rings. The Balaban J connectivity index is 1.85. The average molecular weight is 288 g/mol. The van der Waals surface area contributed by atoms with Crippen LogP contribution < -0.4 is 10.1 Å². The van der Waals surface area contributed by atoms with Gasteiger partial charge in [-0.15, -0.1) is 0 Å². The number of likely N-dealkylation sites (N-methyl/N-ethyl adjacent to an activating group) is 1. The van der Waals surface area contributed by atoms with Gasteiger partial charge in [-0.05, 0) is 61.5 Å². The van der Waals surface area contributed by atoms with Crippen LogP contribution in [-0.4, -0.2) is 38.2 Å². The Kier molecular flexibility index (Phi) is 3.98. The molecule has 3 nitrogen and oxygen atoms in total. The number of ether oxygens (including phenoxy) is 1. The second-order valence-electron chi connectivity index (χ2n) is 7.34. The third-order valence-electron chi connectivity index (χ3n) is 5.21. The first kappa shape index (κ1) is 14.9. The van der Waals surface area contributed by atoms with Crippen molar-refractivity contribution in [1.29, 1.82) is 0 Å². The van der Waals surface area contributed by atoms with Crippen LogP contribution in [0.3, 0.4) is 0 Å². The lowest BCUT2D eigenvalue weighted by atomic mass is 9.83. The van der Waals surface area contributed by atoms with Gasteiger partial charge in [0.15, 0.2) is 0 Å². The molecule has 2 unspecified atom stereocenters. The minimum Gasteiger partial charge on any atom is -0.497 e. The summed E-state index contributed by atoms with van der Waals surface area (Å²) in [5, 5.41) is 3.55. The average Bonchev–Trinajstić information content (AvgIpc) is 2.83. The van der Waals surface area contributed by atoms with Crippen LogP contribution in [0.15, 0.2) is 18.2 Å². The van der Waals surface area contributed by atoms with E-state index in [9.17, 15) is 0 Å². The number of hydrogen-bond acceptors (Lipinski definition) is 3. The van der Waals surface area contributed by atoms with E-state index in [1.807, 2.05) is 0 Å². The molecule has 3 heteroatoms. The van der Waals surface area contributed by atoms with Crippen LogP contribution >= 0.6 is 0 Å². The van der Waals surface area contributed by atoms with Gasteiger partial charge in [0, 0.05) is 18.6 Å². The van der Waals surface area contributed by atoms with Gasteiger partial charge in [-0.3, -0.25) is 4.90 Å². The van der Waals surface area contributed by atoms with Gasteiger partial charge in [0.2, 0.25) is 0 Å². The first-order valence-electron chi connectivity index (χ1n) is 8.12. The van der Waals surface area contributed by atoms with Gasteiger partial charge < -0.3 is 10.1 Å². The third kappa shape index (κ3) is 2.82. The van der Waals surface area contributed by atoms with Crippen LogP contribution in [0.25, 0.3) is 0 Å². The smallest absolute Gasteiger partial charge is 0.119 e. The highest BCUT2D eigenvalue weighted by Gasteiger charge is 2.39. The molecule has 1 aromatic rings. The minimum absolute atomic E-state index is 0.420. The summed E-state index contributed by atoms with van der Waals surface area (Å²) in [4.78, 5) is 2.71. The molecule has 0 saturated carbocycles. The van der Waals surface area contributed by atoms with Crippen molar-refractivity contribution in [2.24, 2.45) is 5.41 Å². The summed E-state index contributed by atoms with van der Waals surface area (Å²) in [6, 6.07) is 7.55. The Hall–Kier alpha value is -1.06. The molecular weight excluding hydrogens is 260 g/mol. The molecule has 21 heavy (non-hydrogen) atoms. The van der Waals surface area contributed by atoms with E-state index < -0.39 is 0 Å². The molecule has 0 bridgehead atoms. The number of fused-ring (bicyclic) bond motifs is 1. The Labute approximate surface area is 128 Å². The predicted molar refractivity (Wildman–Crippen MR) is 86.9 cm³/mol. The van der Waals surface area contributed by atoms with Gasteiger partial charge >= 0.3 is 0 Å². The highest BCUT2D eigenvalue weighted by molar-refractivity contribution is 5.42. The van der Waals surface area contributed by atoms with E-state index in [1.165, 1.54) is 37.1 Å². The fourth-order valence-corrected chi connectivity index (χ4v) is 4.17. The van der Waals surface area contributed by atoms with E-state index in [0.29, 0.717) is 17.5 Å². The maximum atomic E-state index is 5.40. The summed E-state index contributed by atoms with van der Waals surface area (Å²) in [6.07, 6.45) is 3.82. The summed E-state index contributed by atoms with van der Waals surface area (Å²) < 4.78 is 5.40. The van der Waals surface area contributed by atoms with E-state index in [2.05, 4.69) is 49.3 Å². The molecule has 0 aromatic heterocycles. The molecule has 1 aromatic carbocycles. The van der Waals surface area contributed by atoms with Crippen LogP contribution in [0, 0.1) is 5.41 Å². The lowest BCUT2D eigenvalue weighted by Crippen LogP contribution is -2.49. The quantitative estimate of drug-likeness (QED) is 0.925. The summed E-state index contributed by atoms with van der Waals surface area (Å²) >= 11 is 0. The molecule has 1 saturated heterocycles. The van der Waals surface area contributed by atoms with E-state index in [0.717, 1.165) is 12.2 Å². The van der Waals surface area contributed by atoms with Crippen molar-refractivity contribution in [3.8, 4) is 5.75 Å². The second-order valence-corrected chi connectivity index (χ2v) is 7.34. The summed E-state index contributed by atoms with van der Waals surface area (Å²) in [6.45, 7) is 7.25. The zero-order valence-electron chi connectivity index (χ0n) is 13.8. The maximum absolute atomic E-state index is 5.40. The lowest BCUT2D eigenvalue weighted by Gasteiger charge is -2.43. The van der Waals surface area contributed by atoms with Crippen molar-refractivity contribution >= 4 is 0 Å². The van der Waals surface area contributed by atoms with Gasteiger partial charge in [-0.2, -0.15) is 0 Å². The molecule has 1 aliphatic carbocycles. The number of hydrogen-bond donors (Lipinski definition) is 1. The number of piperidine rings is 1. The van der Waals surface area contributed by atoms with Crippen LogP contribution in [0.2, 0.25) is 0 Å². The molecule has 1 N–H and O–H groups in total. The molecule has 2 atom stereocenters. The van der Waals surface area contributed by atoms with Gasteiger partial charge in [0.25, 0.3) is 0 Å². The van der Waals surface area contributed by atoms with E-state index in [4.69, 9.17) is 4.74 Å². The number of likely N-dealkylation sites (tertiary alicyclic amines) is 1. The molecular formula is C18H28N2O. The van der Waals surface area contributed by atoms with Crippen LogP contribution in [0.5, 0.6) is 5.75 Å². The van der Waals surface area contributed by atoms with Gasteiger partial charge in [-0.25, -0.2) is 0 Å². The molecule has 1 heterocycles. The van der Waals surface area contributed by atoms with Crippen molar-refractivity contribution in [3.05, 3.63) is 29.3 Å².